The molecule has 0 fully saturated rings. The number of halogens is 1. The van der Waals surface area contributed by atoms with Crippen molar-refractivity contribution in [3.8, 4) is 0 Å². The largest absolute Gasteiger partial charge is 0.325 e. The molecule has 0 aliphatic heterocycles. The highest BCUT2D eigenvalue weighted by molar-refractivity contribution is 7.93. The van der Waals surface area contributed by atoms with Gasteiger partial charge in [0.2, 0.25) is 11.8 Å². The second kappa shape index (κ2) is 8.54. The summed E-state index contributed by atoms with van der Waals surface area (Å²) in [4.78, 5) is 24.4. The van der Waals surface area contributed by atoms with E-state index >= 15 is 0 Å². The van der Waals surface area contributed by atoms with Gasteiger partial charge >= 0.3 is 0 Å². The monoisotopic (exact) mass is 408 g/mol. The van der Waals surface area contributed by atoms with E-state index in [0.29, 0.717) is 22.0 Å². The lowest BCUT2D eigenvalue weighted by atomic mass is 10.2. The molecule has 0 aromatic heterocycles. The van der Waals surface area contributed by atoms with Gasteiger partial charge in [-0.25, -0.2) is 8.42 Å². The summed E-state index contributed by atoms with van der Waals surface area (Å²) in [6.45, 7) is 4.87. The molecule has 2 aromatic rings. The van der Waals surface area contributed by atoms with E-state index in [1.807, 2.05) is 6.92 Å². The van der Waals surface area contributed by atoms with E-state index in [1.165, 1.54) is 6.92 Å². The molecule has 6 nitrogen and oxygen atoms in total. The highest BCUT2D eigenvalue weighted by Gasteiger charge is 2.30. The molecule has 27 heavy (non-hydrogen) atoms. The second-order valence-corrected chi connectivity index (χ2v) is 8.99. The van der Waals surface area contributed by atoms with Crippen LogP contribution in [-0.2, 0) is 19.4 Å². The number of nitrogens with one attached hydrogen (secondary N) is 2. The van der Waals surface area contributed by atoms with Crippen LogP contribution in [0.5, 0.6) is 0 Å². The lowest BCUT2D eigenvalue weighted by molar-refractivity contribution is -0.115. The molecule has 0 heterocycles. The molecule has 0 bridgehead atoms. The van der Waals surface area contributed by atoms with Gasteiger partial charge in [0.25, 0.3) is 0 Å². The van der Waals surface area contributed by atoms with Gasteiger partial charge < -0.3 is 10.6 Å². The fourth-order valence-electron chi connectivity index (χ4n) is 2.28. The Bertz CT molecular complexity index is 956. The molecule has 2 amide bonds. The number of benzene rings is 2. The molecule has 0 spiro atoms. The maximum absolute atomic E-state index is 12.4. The van der Waals surface area contributed by atoms with Crippen LogP contribution in [0.2, 0.25) is 5.02 Å². The zero-order valence-corrected chi connectivity index (χ0v) is 16.8. The summed E-state index contributed by atoms with van der Waals surface area (Å²) in [7, 11) is -3.99. The van der Waals surface area contributed by atoms with Crippen molar-refractivity contribution >= 4 is 44.6 Å². The molecule has 2 aromatic carbocycles. The summed E-state index contributed by atoms with van der Waals surface area (Å²) in [6, 6.07) is 11.9. The Labute approximate surface area is 163 Å². The summed E-state index contributed by atoms with van der Waals surface area (Å²) in [5.41, 5.74) is 2.57. The molecule has 2 N–H and O–H groups in total. The van der Waals surface area contributed by atoms with Crippen LogP contribution in [-0.4, -0.2) is 31.2 Å². The van der Waals surface area contributed by atoms with Gasteiger partial charge in [-0.1, -0.05) is 35.4 Å². The molecule has 144 valence electrons. The van der Waals surface area contributed by atoms with Crippen molar-refractivity contribution in [3.05, 3.63) is 58.6 Å². The van der Waals surface area contributed by atoms with Gasteiger partial charge in [-0.2, -0.15) is 0 Å². The zero-order valence-electron chi connectivity index (χ0n) is 15.2. The third-order valence-corrected chi connectivity index (χ3v) is 6.47. The van der Waals surface area contributed by atoms with Gasteiger partial charge in [0.05, 0.1) is 0 Å². The topological polar surface area (TPSA) is 92.3 Å². The van der Waals surface area contributed by atoms with Gasteiger partial charge in [-0.3, -0.25) is 9.59 Å². The number of sulfone groups is 1. The molecule has 0 saturated heterocycles. The first-order chi connectivity index (χ1) is 12.6. The van der Waals surface area contributed by atoms with Gasteiger partial charge in [0.15, 0.2) is 9.84 Å². The number of hydrogen-bond donors (Lipinski definition) is 2. The van der Waals surface area contributed by atoms with Crippen LogP contribution >= 0.6 is 11.6 Å². The van der Waals surface area contributed by atoms with E-state index < -0.39 is 32.7 Å². The Kier molecular flexibility index (Phi) is 6.62. The summed E-state index contributed by atoms with van der Waals surface area (Å²) in [5.74, 6) is -2.20. The number of rotatable bonds is 6. The Balaban J connectivity index is 2.03. The third-order valence-electron chi connectivity index (χ3n) is 4.10. The van der Waals surface area contributed by atoms with Crippen molar-refractivity contribution in [2.75, 3.05) is 16.4 Å². The number of aryl methyl sites for hydroxylation is 1. The molecule has 0 aliphatic carbocycles. The minimum Gasteiger partial charge on any atom is -0.325 e. The smallest absolute Gasteiger partial charge is 0.242 e. The van der Waals surface area contributed by atoms with Crippen LogP contribution in [0.3, 0.4) is 0 Å². The Morgan fingerprint density at radius 2 is 1.67 bits per heavy atom. The van der Waals surface area contributed by atoms with E-state index in [-0.39, 0.29) is 0 Å². The summed E-state index contributed by atoms with van der Waals surface area (Å²) in [6.07, 6.45) is 0. The maximum Gasteiger partial charge on any atom is 0.242 e. The summed E-state index contributed by atoms with van der Waals surface area (Å²) >= 11 is 6.00. The first-order valence-electron chi connectivity index (χ1n) is 8.24. The molecule has 0 radical (unpaired) electrons. The summed E-state index contributed by atoms with van der Waals surface area (Å²) < 4.78 is 24.8. The first kappa shape index (κ1) is 20.9. The van der Waals surface area contributed by atoms with Crippen molar-refractivity contribution in [1.29, 1.82) is 0 Å². The van der Waals surface area contributed by atoms with Crippen molar-refractivity contribution in [2.45, 2.75) is 26.0 Å². The number of anilines is 2. The van der Waals surface area contributed by atoms with E-state index in [9.17, 15) is 18.0 Å². The summed E-state index contributed by atoms with van der Waals surface area (Å²) in [5, 5.41) is 4.14. The number of carbonyl (C=O) groups is 2. The van der Waals surface area contributed by atoms with E-state index in [1.54, 1.807) is 49.4 Å². The van der Waals surface area contributed by atoms with E-state index in [2.05, 4.69) is 10.6 Å². The quantitative estimate of drug-likeness (QED) is 0.766. The van der Waals surface area contributed by atoms with Gasteiger partial charge in [0.1, 0.15) is 11.0 Å². The average molecular weight is 409 g/mol. The van der Waals surface area contributed by atoms with Crippen molar-refractivity contribution in [1.82, 2.24) is 0 Å². The number of hydrogen-bond acceptors (Lipinski definition) is 4. The normalized spacial score (nSPS) is 12.3. The molecular formula is C19H21ClN2O4S. The molecule has 0 saturated carbocycles. The maximum atomic E-state index is 12.4. The third kappa shape index (κ3) is 5.55. The Morgan fingerprint density at radius 1 is 1.04 bits per heavy atom. The zero-order chi connectivity index (χ0) is 20.2. The van der Waals surface area contributed by atoms with Crippen molar-refractivity contribution in [2.24, 2.45) is 0 Å². The fraction of sp³-hybridized carbons (Fsp3) is 0.263. The second-order valence-electron chi connectivity index (χ2n) is 6.27. The van der Waals surface area contributed by atoms with Crippen molar-refractivity contribution < 1.29 is 18.0 Å². The van der Waals surface area contributed by atoms with Crippen LogP contribution < -0.4 is 10.6 Å². The molecule has 0 aliphatic rings. The highest BCUT2D eigenvalue weighted by Crippen LogP contribution is 2.23. The van der Waals surface area contributed by atoms with Gasteiger partial charge in [-0.15, -0.1) is 0 Å². The first-order valence-corrected chi connectivity index (χ1v) is 10.3. The predicted octanol–water partition coefficient (Wildman–Crippen LogP) is 3.34. The average Bonchev–Trinajstić information content (AvgIpc) is 2.59. The predicted molar refractivity (Wildman–Crippen MR) is 108 cm³/mol. The molecule has 8 heteroatoms. The molecular weight excluding hydrogens is 388 g/mol. The van der Waals surface area contributed by atoms with Crippen LogP contribution in [0.25, 0.3) is 0 Å². The van der Waals surface area contributed by atoms with Crippen LogP contribution in [0.15, 0.2) is 42.5 Å². The standard InChI is InChI=1S/C19H21ClN2O4S/c1-12-7-9-15(10-8-12)21-18(23)11-27(25,26)14(3)19(24)22-17-6-4-5-16(20)13(17)2/h4-10,14H,11H2,1-3H3,(H,21,23)(H,22,24). The number of carbonyl (C=O) groups excluding carboxylic acids is 2. The lowest BCUT2D eigenvalue weighted by Gasteiger charge is -2.15. The van der Waals surface area contributed by atoms with E-state index in [0.717, 1.165) is 5.56 Å². The molecule has 2 rings (SSSR count). The Morgan fingerprint density at radius 3 is 2.30 bits per heavy atom. The lowest BCUT2D eigenvalue weighted by Crippen LogP contribution is -2.37. The molecule has 1 atom stereocenters. The number of amides is 2. The van der Waals surface area contributed by atoms with E-state index in [4.69, 9.17) is 11.6 Å². The van der Waals surface area contributed by atoms with Gasteiger partial charge in [-0.05, 0) is 50.6 Å². The van der Waals surface area contributed by atoms with Crippen LogP contribution in [0.1, 0.15) is 18.1 Å². The van der Waals surface area contributed by atoms with Crippen LogP contribution in [0, 0.1) is 13.8 Å². The van der Waals surface area contributed by atoms with Crippen molar-refractivity contribution in [3.63, 3.8) is 0 Å². The van der Waals surface area contributed by atoms with Gasteiger partial charge in [0, 0.05) is 16.4 Å². The fourth-order valence-corrected chi connectivity index (χ4v) is 3.53. The highest BCUT2D eigenvalue weighted by atomic mass is 35.5. The molecule has 1 unspecified atom stereocenters. The Hall–Kier alpha value is -2.38. The minimum atomic E-state index is -3.99. The SMILES string of the molecule is Cc1ccc(NC(=O)CS(=O)(=O)C(C)C(=O)Nc2cccc(Cl)c2C)cc1. The van der Waals surface area contributed by atoms with Crippen LogP contribution in [0.4, 0.5) is 11.4 Å². The minimum absolute atomic E-state index is 0.429.